The standard InChI is InChI=1S/C35H46N2O2/c38-32(24-28-20-18-27(19-21-28)23-26-13-7-4-2-1-3-5-8-14-26)36-22-12-11-17-31-35(39)33-29-15-9-6-10-16-30(25-29)34(33)37-31/h6,9-10,15-16,18-21,25-26,31,33-34,37H,1-5,7-8,11-14,17,22-24H2,(H,36,38)/b9-6-,10-6?,15-9?,16-10-,29-15+,30-16?. The van der Waals surface area contributed by atoms with Crippen LogP contribution in [-0.4, -0.2) is 30.3 Å². The van der Waals surface area contributed by atoms with Crippen molar-refractivity contribution in [2.24, 2.45) is 11.8 Å². The number of benzene rings is 1. The first kappa shape index (κ1) is 27.8. The Morgan fingerprint density at radius 3 is 2.33 bits per heavy atom. The Hall–Kier alpha value is -2.72. The number of carbonyl (C=O) groups is 2. The molecule has 1 aromatic carbocycles. The predicted octanol–water partition coefficient (Wildman–Crippen LogP) is 6.72. The number of hydrogen-bond acceptors (Lipinski definition) is 3. The van der Waals surface area contributed by atoms with Crippen molar-refractivity contribution in [3.8, 4) is 0 Å². The van der Waals surface area contributed by atoms with Gasteiger partial charge < -0.3 is 5.32 Å². The Morgan fingerprint density at radius 1 is 0.846 bits per heavy atom. The van der Waals surface area contributed by atoms with E-state index in [2.05, 4.69) is 53.1 Å². The Morgan fingerprint density at radius 2 is 1.56 bits per heavy atom. The van der Waals surface area contributed by atoms with E-state index in [1.165, 1.54) is 75.3 Å². The summed E-state index contributed by atoms with van der Waals surface area (Å²) in [4.78, 5) is 25.6. The number of amides is 1. The summed E-state index contributed by atoms with van der Waals surface area (Å²) in [5.74, 6) is 1.16. The van der Waals surface area contributed by atoms with Crippen molar-refractivity contribution in [1.29, 1.82) is 0 Å². The maximum atomic E-state index is 13.1. The second kappa shape index (κ2) is 14.1. The Balaban J connectivity index is 0.988. The minimum atomic E-state index is -0.0884. The average Bonchev–Trinajstić information content (AvgIpc) is 3.45. The van der Waals surface area contributed by atoms with Crippen LogP contribution in [0.15, 0.2) is 71.9 Å². The fourth-order valence-electron chi connectivity index (χ4n) is 6.89. The van der Waals surface area contributed by atoms with E-state index in [-0.39, 0.29) is 23.9 Å². The SMILES string of the molecule is O=C(Cc1ccc(CC2CCCCCCCCC2)cc1)NCCCCC1NC2C3=CC(=C/C=C\C=C/3)\C2C1=O. The molecule has 39 heavy (non-hydrogen) atoms. The van der Waals surface area contributed by atoms with Crippen LogP contribution in [0.3, 0.4) is 0 Å². The van der Waals surface area contributed by atoms with Crippen LogP contribution in [0.1, 0.15) is 88.2 Å². The molecule has 3 aliphatic carbocycles. The van der Waals surface area contributed by atoms with E-state index in [0.717, 1.165) is 36.3 Å². The molecular weight excluding hydrogens is 480 g/mol. The molecule has 4 aliphatic rings. The number of rotatable bonds is 9. The van der Waals surface area contributed by atoms with Crippen molar-refractivity contribution in [2.75, 3.05) is 6.54 Å². The lowest BCUT2D eigenvalue weighted by Gasteiger charge is -2.18. The highest BCUT2D eigenvalue weighted by Crippen LogP contribution is 2.38. The smallest absolute Gasteiger partial charge is 0.224 e. The number of hydrogen-bond donors (Lipinski definition) is 2. The third-order valence-corrected chi connectivity index (χ3v) is 9.09. The molecule has 3 atom stereocenters. The summed E-state index contributed by atoms with van der Waals surface area (Å²) in [7, 11) is 0. The first-order valence-electron chi connectivity index (χ1n) is 15.6. The highest BCUT2D eigenvalue weighted by atomic mass is 16.1. The maximum absolute atomic E-state index is 13.1. The summed E-state index contributed by atoms with van der Waals surface area (Å²) >= 11 is 0. The van der Waals surface area contributed by atoms with Gasteiger partial charge in [-0.1, -0.05) is 119 Å². The van der Waals surface area contributed by atoms with Gasteiger partial charge in [0.2, 0.25) is 5.91 Å². The van der Waals surface area contributed by atoms with Crippen LogP contribution in [0.25, 0.3) is 0 Å². The molecule has 4 heteroatoms. The molecule has 0 radical (unpaired) electrons. The van der Waals surface area contributed by atoms with E-state index in [4.69, 9.17) is 0 Å². The van der Waals surface area contributed by atoms with E-state index in [1.54, 1.807) is 0 Å². The minimum Gasteiger partial charge on any atom is -0.356 e. The summed E-state index contributed by atoms with van der Waals surface area (Å²) < 4.78 is 0. The van der Waals surface area contributed by atoms with Crippen molar-refractivity contribution in [3.63, 3.8) is 0 Å². The number of nitrogens with one attached hydrogen (secondary N) is 2. The van der Waals surface area contributed by atoms with Crippen molar-refractivity contribution in [1.82, 2.24) is 10.6 Å². The normalized spacial score (nSPS) is 28.4. The molecule has 0 aromatic heterocycles. The van der Waals surface area contributed by atoms with Gasteiger partial charge in [-0.3, -0.25) is 14.9 Å². The fraction of sp³-hybridized carbons (Fsp3) is 0.543. The van der Waals surface area contributed by atoms with Gasteiger partial charge >= 0.3 is 0 Å². The highest BCUT2D eigenvalue weighted by molar-refractivity contribution is 5.94. The van der Waals surface area contributed by atoms with E-state index >= 15 is 0 Å². The number of carbonyl (C=O) groups excluding carboxylic acids is 2. The molecule has 208 valence electrons. The van der Waals surface area contributed by atoms with E-state index < -0.39 is 0 Å². The van der Waals surface area contributed by atoms with Crippen LogP contribution in [0.5, 0.6) is 0 Å². The van der Waals surface area contributed by atoms with Crippen LogP contribution in [-0.2, 0) is 22.4 Å². The molecule has 1 aliphatic heterocycles. The Kier molecular flexibility index (Phi) is 10.0. The Bertz CT molecular complexity index is 1100. The number of ketones is 1. The summed E-state index contributed by atoms with van der Waals surface area (Å²) in [5.41, 5.74) is 4.83. The molecule has 1 heterocycles. The van der Waals surface area contributed by atoms with Crippen molar-refractivity contribution in [3.05, 3.63) is 83.0 Å². The lowest BCUT2D eigenvalue weighted by molar-refractivity contribution is -0.121. The van der Waals surface area contributed by atoms with Gasteiger partial charge in [-0.15, -0.1) is 0 Å². The van der Waals surface area contributed by atoms with Gasteiger partial charge in [0.05, 0.1) is 18.4 Å². The van der Waals surface area contributed by atoms with Crippen LogP contribution in [0, 0.1) is 11.8 Å². The van der Waals surface area contributed by atoms with Gasteiger partial charge in [0.25, 0.3) is 0 Å². The second-order valence-electron chi connectivity index (χ2n) is 12.1. The van der Waals surface area contributed by atoms with Gasteiger partial charge in [-0.25, -0.2) is 0 Å². The molecule has 2 fully saturated rings. The van der Waals surface area contributed by atoms with Crippen LogP contribution >= 0.6 is 0 Å². The number of Topliss-reactive ketones (excluding diaryl/α,β-unsaturated/α-hetero) is 1. The van der Waals surface area contributed by atoms with Gasteiger partial charge in [-0.05, 0) is 53.9 Å². The predicted molar refractivity (Wildman–Crippen MR) is 159 cm³/mol. The number of fused-ring (bicyclic) bond motifs is 4. The topological polar surface area (TPSA) is 58.2 Å². The van der Waals surface area contributed by atoms with Gasteiger partial charge in [0.1, 0.15) is 0 Å². The summed E-state index contributed by atoms with van der Waals surface area (Å²) in [6.07, 6.45) is 29.2. The van der Waals surface area contributed by atoms with E-state index in [1.807, 2.05) is 18.2 Å². The molecule has 4 nitrogen and oxygen atoms in total. The van der Waals surface area contributed by atoms with E-state index in [0.29, 0.717) is 18.7 Å². The molecule has 1 amide bonds. The molecule has 1 saturated carbocycles. The lowest BCUT2D eigenvalue weighted by Crippen LogP contribution is -2.32. The minimum absolute atomic E-state index is 0.0469. The molecule has 5 rings (SSSR count). The molecule has 0 spiro atoms. The van der Waals surface area contributed by atoms with Crippen molar-refractivity contribution >= 4 is 11.7 Å². The molecule has 1 aromatic rings. The van der Waals surface area contributed by atoms with Crippen molar-refractivity contribution < 1.29 is 9.59 Å². The first-order chi connectivity index (χ1) is 19.2. The number of unbranched alkanes of at least 4 members (excludes halogenated alkanes) is 1. The summed E-state index contributed by atoms with van der Waals surface area (Å²) in [5, 5.41) is 6.66. The monoisotopic (exact) mass is 526 g/mol. The third kappa shape index (κ3) is 7.69. The second-order valence-corrected chi connectivity index (χ2v) is 12.1. The van der Waals surface area contributed by atoms with Gasteiger partial charge in [-0.2, -0.15) is 0 Å². The number of allylic oxidation sites excluding steroid dienone is 5. The first-order valence-corrected chi connectivity index (χ1v) is 15.6. The summed E-state index contributed by atoms with van der Waals surface area (Å²) in [6.45, 7) is 0.663. The maximum Gasteiger partial charge on any atom is 0.224 e. The zero-order valence-corrected chi connectivity index (χ0v) is 23.5. The van der Waals surface area contributed by atoms with Crippen LogP contribution < -0.4 is 10.6 Å². The lowest BCUT2D eigenvalue weighted by atomic mass is 9.87. The quantitative estimate of drug-likeness (QED) is 0.351. The zero-order chi connectivity index (χ0) is 26.9. The van der Waals surface area contributed by atoms with Crippen LogP contribution in [0.2, 0.25) is 0 Å². The van der Waals surface area contributed by atoms with E-state index in [9.17, 15) is 9.59 Å². The summed E-state index contributed by atoms with van der Waals surface area (Å²) in [6, 6.07) is 8.77. The van der Waals surface area contributed by atoms with Crippen LogP contribution in [0.4, 0.5) is 0 Å². The molecule has 2 N–H and O–H groups in total. The highest BCUT2D eigenvalue weighted by Gasteiger charge is 2.46. The fourth-order valence-corrected chi connectivity index (χ4v) is 6.89. The molecule has 3 unspecified atom stereocenters. The zero-order valence-electron chi connectivity index (χ0n) is 23.5. The van der Waals surface area contributed by atoms with Crippen molar-refractivity contribution in [2.45, 2.75) is 102 Å². The molecule has 2 bridgehead atoms. The molecular formula is C35H46N2O2. The largest absolute Gasteiger partial charge is 0.356 e. The third-order valence-electron chi connectivity index (χ3n) is 9.09. The average molecular weight is 527 g/mol. The van der Waals surface area contributed by atoms with Gasteiger partial charge in [0.15, 0.2) is 5.78 Å². The Labute approximate surface area is 235 Å². The van der Waals surface area contributed by atoms with Gasteiger partial charge in [0, 0.05) is 12.6 Å². The molecule has 1 saturated heterocycles.